The second-order valence-corrected chi connectivity index (χ2v) is 5.19. The van der Waals surface area contributed by atoms with Crippen molar-refractivity contribution >= 4 is 11.6 Å². The summed E-state index contributed by atoms with van der Waals surface area (Å²) in [5.41, 5.74) is 1.18. The fourth-order valence-electron chi connectivity index (χ4n) is 2.29. The molecule has 20 heavy (non-hydrogen) atoms. The van der Waals surface area contributed by atoms with Crippen molar-refractivity contribution in [1.29, 1.82) is 0 Å². The van der Waals surface area contributed by atoms with Crippen LogP contribution in [-0.2, 0) is 4.74 Å². The van der Waals surface area contributed by atoms with E-state index in [1.165, 1.54) is 5.56 Å². The molecule has 0 aromatic heterocycles. The lowest BCUT2D eigenvalue weighted by atomic mass is 10.0. The van der Waals surface area contributed by atoms with E-state index in [4.69, 9.17) is 16.3 Å². The van der Waals surface area contributed by atoms with Gasteiger partial charge in [-0.25, -0.2) is 0 Å². The van der Waals surface area contributed by atoms with E-state index in [2.05, 4.69) is 23.2 Å². The monoisotopic (exact) mass is 298 g/mol. The van der Waals surface area contributed by atoms with Gasteiger partial charge < -0.3 is 15.0 Å². The van der Waals surface area contributed by atoms with E-state index < -0.39 is 0 Å². The molecular weight excluding hydrogens is 272 g/mol. The van der Waals surface area contributed by atoms with Gasteiger partial charge in [-0.3, -0.25) is 0 Å². The molecule has 0 aliphatic rings. The maximum absolute atomic E-state index is 6.28. The van der Waals surface area contributed by atoms with E-state index in [-0.39, 0.29) is 0 Å². The predicted octanol–water partition coefficient (Wildman–Crippen LogP) is 3.35. The van der Waals surface area contributed by atoms with Gasteiger partial charge in [0.25, 0.3) is 0 Å². The van der Waals surface area contributed by atoms with E-state index in [9.17, 15) is 0 Å². The maximum atomic E-state index is 6.28. The minimum absolute atomic E-state index is 0.296. The Morgan fingerprint density at radius 2 is 2.00 bits per heavy atom. The van der Waals surface area contributed by atoms with Gasteiger partial charge in [-0.1, -0.05) is 36.7 Å². The molecule has 1 unspecified atom stereocenters. The zero-order valence-electron chi connectivity index (χ0n) is 12.9. The molecule has 0 aliphatic heterocycles. The van der Waals surface area contributed by atoms with Gasteiger partial charge in [0.15, 0.2) is 0 Å². The standard InChI is InChI=1S/C16H27ClN2O/c1-4-19(12-13-20-5-2)11-10-16(18-3)14-8-6-7-9-15(14)17/h6-9,16,18H,4-5,10-13H2,1-3H3. The summed E-state index contributed by atoms with van der Waals surface area (Å²) < 4.78 is 5.42. The average Bonchev–Trinajstić information content (AvgIpc) is 2.47. The number of ether oxygens (including phenoxy) is 1. The van der Waals surface area contributed by atoms with Crippen molar-refractivity contribution < 1.29 is 4.74 Å². The maximum Gasteiger partial charge on any atom is 0.0593 e. The summed E-state index contributed by atoms with van der Waals surface area (Å²) in [5.74, 6) is 0. The van der Waals surface area contributed by atoms with Gasteiger partial charge in [-0.2, -0.15) is 0 Å². The first-order valence-corrected chi connectivity index (χ1v) is 7.82. The summed E-state index contributed by atoms with van der Waals surface area (Å²) >= 11 is 6.28. The lowest BCUT2D eigenvalue weighted by molar-refractivity contribution is 0.113. The van der Waals surface area contributed by atoms with Crippen LogP contribution in [0.1, 0.15) is 31.9 Å². The molecule has 0 spiro atoms. The van der Waals surface area contributed by atoms with Crippen molar-refractivity contribution in [2.45, 2.75) is 26.3 Å². The minimum Gasteiger partial charge on any atom is -0.380 e. The van der Waals surface area contributed by atoms with Crippen molar-refractivity contribution in [2.75, 3.05) is 39.9 Å². The molecule has 114 valence electrons. The molecular formula is C16H27ClN2O. The minimum atomic E-state index is 0.296. The Balaban J connectivity index is 2.49. The van der Waals surface area contributed by atoms with Crippen LogP contribution in [0.15, 0.2) is 24.3 Å². The molecule has 1 aromatic rings. The molecule has 1 N–H and O–H groups in total. The Morgan fingerprint density at radius 1 is 1.25 bits per heavy atom. The van der Waals surface area contributed by atoms with Crippen LogP contribution in [0.4, 0.5) is 0 Å². The lowest BCUT2D eigenvalue weighted by Gasteiger charge is -2.24. The fraction of sp³-hybridized carbons (Fsp3) is 0.625. The van der Waals surface area contributed by atoms with Crippen LogP contribution in [0.25, 0.3) is 0 Å². The molecule has 1 aromatic carbocycles. The highest BCUT2D eigenvalue weighted by Crippen LogP contribution is 2.24. The summed E-state index contributed by atoms with van der Waals surface area (Å²) in [5, 5.41) is 4.20. The van der Waals surface area contributed by atoms with Crippen LogP contribution in [0.5, 0.6) is 0 Å². The highest BCUT2D eigenvalue weighted by molar-refractivity contribution is 6.31. The first-order chi connectivity index (χ1) is 9.72. The molecule has 4 heteroatoms. The molecule has 0 saturated carbocycles. The molecule has 0 fully saturated rings. The van der Waals surface area contributed by atoms with Gasteiger partial charge in [0, 0.05) is 30.8 Å². The second-order valence-electron chi connectivity index (χ2n) is 4.78. The van der Waals surface area contributed by atoms with E-state index in [1.807, 2.05) is 32.2 Å². The summed E-state index contributed by atoms with van der Waals surface area (Å²) in [6.07, 6.45) is 1.04. The number of nitrogens with one attached hydrogen (secondary N) is 1. The molecule has 0 heterocycles. The summed E-state index contributed by atoms with van der Waals surface area (Å²) in [6.45, 7) is 8.90. The largest absolute Gasteiger partial charge is 0.380 e. The molecule has 0 aliphatic carbocycles. The van der Waals surface area contributed by atoms with Gasteiger partial charge in [0.1, 0.15) is 0 Å². The quantitative estimate of drug-likeness (QED) is 0.671. The topological polar surface area (TPSA) is 24.5 Å². The Morgan fingerprint density at radius 3 is 2.60 bits per heavy atom. The predicted molar refractivity (Wildman–Crippen MR) is 86.5 cm³/mol. The van der Waals surface area contributed by atoms with E-state index in [0.717, 1.165) is 44.3 Å². The number of hydrogen-bond acceptors (Lipinski definition) is 3. The third-order valence-electron chi connectivity index (χ3n) is 3.57. The van der Waals surface area contributed by atoms with Crippen LogP contribution in [0.3, 0.4) is 0 Å². The van der Waals surface area contributed by atoms with E-state index >= 15 is 0 Å². The Labute approximate surface area is 128 Å². The fourth-order valence-corrected chi connectivity index (χ4v) is 2.56. The van der Waals surface area contributed by atoms with Crippen molar-refractivity contribution in [3.63, 3.8) is 0 Å². The number of likely N-dealkylation sites (N-methyl/N-ethyl adjacent to an activating group) is 1. The molecule has 1 rings (SSSR count). The highest BCUT2D eigenvalue weighted by atomic mass is 35.5. The molecule has 0 saturated heterocycles. The molecule has 1 atom stereocenters. The third-order valence-corrected chi connectivity index (χ3v) is 3.91. The van der Waals surface area contributed by atoms with Crippen molar-refractivity contribution in [2.24, 2.45) is 0 Å². The lowest BCUT2D eigenvalue weighted by Crippen LogP contribution is -2.31. The summed E-state index contributed by atoms with van der Waals surface area (Å²) in [6, 6.07) is 8.36. The molecule has 0 amide bonds. The van der Waals surface area contributed by atoms with Crippen molar-refractivity contribution in [1.82, 2.24) is 10.2 Å². The first-order valence-electron chi connectivity index (χ1n) is 7.44. The van der Waals surface area contributed by atoms with E-state index in [1.54, 1.807) is 0 Å². The van der Waals surface area contributed by atoms with Gasteiger partial charge in [-0.15, -0.1) is 0 Å². The number of benzene rings is 1. The van der Waals surface area contributed by atoms with Crippen LogP contribution in [0.2, 0.25) is 5.02 Å². The van der Waals surface area contributed by atoms with Gasteiger partial charge in [-0.05, 0) is 38.6 Å². The number of halogens is 1. The normalized spacial score (nSPS) is 12.8. The SMILES string of the molecule is CCOCCN(CC)CCC(NC)c1ccccc1Cl. The summed E-state index contributed by atoms with van der Waals surface area (Å²) in [7, 11) is 1.99. The van der Waals surface area contributed by atoms with Crippen molar-refractivity contribution in [3.05, 3.63) is 34.9 Å². The highest BCUT2D eigenvalue weighted by Gasteiger charge is 2.13. The van der Waals surface area contributed by atoms with Crippen molar-refractivity contribution in [3.8, 4) is 0 Å². The molecule has 0 bridgehead atoms. The Kier molecular flexibility index (Phi) is 8.86. The molecule has 0 radical (unpaired) electrons. The van der Waals surface area contributed by atoms with Crippen LogP contribution >= 0.6 is 11.6 Å². The van der Waals surface area contributed by atoms with Gasteiger partial charge >= 0.3 is 0 Å². The zero-order chi connectivity index (χ0) is 14.8. The number of rotatable bonds is 10. The van der Waals surface area contributed by atoms with Crippen LogP contribution in [-0.4, -0.2) is 44.8 Å². The number of hydrogen-bond donors (Lipinski definition) is 1. The Hall–Kier alpha value is -0.610. The number of nitrogens with zero attached hydrogens (tertiary/aromatic N) is 1. The second kappa shape index (κ2) is 10.2. The smallest absolute Gasteiger partial charge is 0.0593 e. The Bertz CT molecular complexity index is 373. The third kappa shape index (κ3) is 5.80. The van der Waals surface area contributed by atoms with E-state index in [0.29, 0.717) is 6.04 Å². The molecule has 3 nitrogen and oxygen atoms in total. The van der Waals surface area contributed by atoms with Crippen LogP contribution < -0.4 is 5.32 Å². The zero-order valence-corrected chi connectivity index (χ0v) is 13.6. The van der Waals surface area contributed by atoms with Crippen LogP contribution in [0, 0.1) is 0 Å². The van der Waals surface area contributed by atoms with Gasteiger partial charge in [0.05, 0.1) is 6.61 Å². The average molecular weight is 299 g/mol. The first kappa shape index (κ1) is 17.4. The summed E-state index contributed by atoms with van der Waals surface area (Å²) in [4.78, 5) is 2.41. The van der Waals surface area contributed by atoms with Gasteiger partial charge in [0.2, 0.25) is 0 Å².